The third kappa shape index (κ3) is 1.95. The van der Waals surface area contributed by atoms with Crippen LogP contribution in [0.25, 0.3) is 16.6 Å². The van der Waals surface area contributed by atoms with Crippen molar-refractivity contribution < 1.29 is 0 Å². The molecule has 0 saturated heterocycles. The molecule has 3 heterocycles. The lowest BCUT2D eigenvalue weighted by atomic mass is 10.4. The molecule has 0 unspecified atom stereocenters. The van der Waals surface area contributed by atoms with Crippen molar-refractivity contribution in [1.82, 2.24) is 24.7 Å². The van der Waals surface area contributed by atoms with Gasteiger partial charge in [-0.25, -0.2) is 4.68 Å². The Kier molecular flexibility index (Phi) is 2.73. The van der Waals surface area contributed by atoms with Crippen LogP contribution in [0.5, 0.6) is 0 Å². The molecule has 18 heavy (non-hydrogen) atoms. The maximum Gasteiger partial charge on any atom is 0.255 e. The highest BCUT2D eigenvalue weighted by atomic mass is 32.1. The molecule has 0 saturated carbocycles. The summed E-state index contributed by atoms with van der Waals surface area (Å²) in [6.45, 7) is 0. The zero-order valence-corrected chi connectivity index (χ0v) is 10.4. The van der Waals surface area contributed by atoms with E-state index in [1.54, 1.807) is 35.5 Å². The van der Waals surface area contributed by atoms with E-state index < -0.39 is 0 Å². The lowest BCUT2D eigenvalue weighted by Crippen LogP contribution is -2.07. The molecule has 90 valence electrons. The molecule has 6 nitrogen and oxygen atoms in total. The normalized spacial score (nSPS) is 10.5. The van der Waals surface area contributed by atoms with E-state index in [1.165, 1.54) is 0 Å². The second-order valence-corrected chi connectivity index (χ2v) is 4.41. The van der Waals surface area contributed by atoms with Gasteiger partial charge in [-0.15, -0.1) is 11.3 Å². The molecule has 7 heteroatoms. The van der Waals surface area contributed by atoms with Crippen LogP contribution >= 0.6 is 11.3 Å². The Labute approximate surface area is 107 Å². The Hall–Kier alpha value is -2.28. The number of nitrogens with one attached hydrogen (secondary N) is 1. The Morgan fingerprint density at radius 2 is 2.17 bits per heavy atom. The third-order valence-electron chi connectivity index (χ3n) is 2.30. The van der Waals surface area contributed by atoms with E-state index in [0.717, 1.165) is 4.88 Å². The minimum Gasteiger partial charge on any atom is -0.357 e. The van der Waals surface area contributed by atoms with Crippen LogP contribution in [0.3, 0.4) is 0 Å². The topological polar surface area (TPSA) is 68.5 Å². The maximum absolute atomic E-state index is 4.41. The summed E-state index contributed by atoms with van der Waals surface area (Å²) in [6.07, 6.45) is 3.49. The Balaban J connectivity index is 2.13. The first-order chi connectivity index (χ1) is 8.86. The molecule has 0 radical (unpaired) electrons. The molecule has 0 atom stereocenters. The second kappa shape index (κ2) is 4.53. The molecule has 0 aliphatic rings. The highest BCUT2D eigenvalue weighted by Gasteiger charge is 2.09. The second-order valence-electron chi connectivity index (χ2n) is 3.46. The van der Waals surface area contributed by atoms with Crippen molar-refractivity contribution in [1.29, 1.82) is 0 Å². The standard InChI is InChI=1S/C11H10N6S/c1-12-10-14-9(8-4-2-7-18-8)15-11(16-10)17-6-3-5-13-17/h2-7H,1H3,(H,12,14,15,16). The summed E-state index contributed by atoms with van der Waals surface area (Å²) in [5.41, 5.74) is 0. The van der Waals surface area contributed by atoms with Crippen LogP contribution in [0, 0.1) is 0 Å². The third-order valence-corrected chi connectivity index (χ3v) is 3.16. The summed E-state index contributed by atoms with van der Waals surface area (Å²) >= 11 is 1.59. The first-order valence-electron chi connectivity index (χ1n) is 5.34. The van der Waals surface area contributed by atoms with E-state index in [0.29, 0.717) is 17.7 Å². The van der Waals surface area contributed by atoms with Gasteiger partial charge in [-0.1, -0.05) is 6.07 Å². The number of aromatic nitrogens is 5. The van der Waals surface area contributed by atoms with Gasteiger partial charge in [0.1, 0.15) is 0 Å². The summed E-state index contributed by atoms with van der Waals surface area (Å²) in [7, 11) is 1.78. The van der Waals surface area contributed by atoms with Crippen molar-refractivity contribution in [3.05, 3.63) is 36.0 Å². The SMILES string of the molecule is CNc1nc(-c2cccs2)nc(-n2cccn2)n1. The summed E-state index contributed by atoms with van der Waals surface area (Å²) in [5.74, 6) is 1.68. The molecule has 3 rings (SSSR count). The van der Waals surface area contributed by atoms with Crippen molar-refractivity contribution in [3.8, 4) is 16.6 Å². The molecule has 0 amide bonds. The van der Waals surface area contributed by atoms with Crippen LogP contribution in [0.15, 0.2) is 36.0 Å². The molecular formula is C11H10N6S. The van der Waals surface area contributed by atoms with E-state index in [9.17, 15) is 0 Å². The van der Waals surface area contributed by atoms with Gasteiger partial charge in [-0.3, -0.25) is 0 Å². The molecule has 0 aliphatic heterocycles. The monoisotopic (exact) mass is 258 g/mol. The van der Waals surface area contributed by atoms with Gasteiger partial charge >= 0.3 is 0 Å². The van der Waals surface area contributed by atoms with Crippen LogP contribution in [-0.4, -0.2) is 31.8 Å². The molecule has 3 aromatic rings. The zero-order chi connectivity index (χ0) is 12.4. The first kappa shape index (κ1) is 10.8. The molecule has 0 bridgehead atoms. The fourth-order valence-electron chi connectivity index (χ4n) is 1.48. The lowest BCUT2D eigenvalue weighted by molar-refractivity contribution is 0.800. The van der Waals surface area contributed by atoms with Gasteiger partial charge in [0.15, 0.2) is 5.82 Å². The van der Waals surface area contributed by atoms with E-state index in [4.69, 9.17) is 0 Å². The molecule has 3 aromatic heterocycles. The van der Waals surface area contributed by atoms with Gasteiger partial charge in [0.25, 0.3) is 5.95 Å². The highest BCUT2D eigenvalue weighted by molar-refractivity contribution is 7.13. The first-order valence-corrected chi connectivity index (χ1v) is 6.22. The van der Waals surface area contributed by atoms with Crippen molar-refractivity contribution in [2.45, 2.75) is 0 Å². The number of rotatable bonds is 3. The fourth-order valence-corrected chi connectivity index (χ4v) is 2.14. The summed E-state index contributed by atoms with van der Waals surface area (Å²) in [4.78, 5) is 14.0. The number of thiophene rings is 1. The summed E-state index contributed by atoms with van der Waals surface area (Å²) in [5, 5.41) is 9.05. The van der Waals surface area contributed by atoms with Gasteiger partial charge in [-0.05, 0) is 17.5 Å². The van der Waals surface area contributed by atoms with E-state index in [2.05, 4.69) is 25.4 Å². The van der Waals surface area contributed by atoms with E-state index in [1.807, 2.05) is 23.6 Å². The fraction of sp³-hybridized carbons (Fsp3) is 0.0909. The zero-order valence-electron chi connectivity index (χ0n) is 9.61. The quantitative estimate of drug-likeness (QED) is 0.776. The molecule has 0 fully saturated rings. The molecule has 1 N–H and O–H groups in total. The summed E-state index contributed by atoms with van der Waals surface area (Å²) < 4.78 is 1.61. The van der Waals surface area contributed by atoms with Gasteiger partial charge < -0.3 is 5.32 Å². The van der Waals surface area contributed by atoms with E-state index in [-0.39, 0.29) is 0 Å². The molecular weight excluding hydrogens is 248 g/mol. The Morgan fingerprint density at radius 1 is 1.22 bits per heavy atom. The van der Waals surface area contributed by atoms with Gasteiger partial charge in [0.05, 0.1) is 4.88 Å². The Morgan fingerprint density at radius 3 is 2.83 bits per heavy atom. The van der Waals surface area contributed by atoms with Crippen LogP contribution in [0.2, 0.25) is 0 Å². The van der Waals surface area contributed by atoms with Gasteiger partial charge in [0.2, 0.25) is 5.95 Å². The number of anilines is 1. The van der Waals surface area contributed by atoms with E-state index >= 15 is 0 Å². The highest BCUT2D eigenvalue weighted by Crippen LogP contribution is 2.22. The number of nitrogens with zero attached hydrogens (tertiary/aromatic N) is 5. The number of hydrogen-bond donors (Lipinski definition) is 1. The van der Waals surface area contributed by atoms with Crippen molar-refractivity contribution in [2.75, 3.05) is 12.4 Å². The average Bonchev–Trinajstić information content (AvgIpc) is 3.10. The molecule has 0 spiro atoms. The van der Waals surface area contributed by atoms with Crippen LogP contribution in [0.1, 0.15) is 0 Å². The van der Waals surface area contributed by atoms with Crippen molar-refractivity contribution >= 4 is 17.3 Å². The summed E-state index contributed by atoms with van der Waals surface area (Å²) in [6, 6.07) is 5.77. The van der Waals surface area contributed by atoms with Crippen LogP contribution in [0.4, 0.5) is 5.95 Å². The van der Waals surface area contributed by atoms with Crippen LogP contribution < -0.4 is 5.32 Å². The molecule has 0 aromatic carbocycles. The minimum absolute atomic E-state index is 0.503. The van der Waals surface area contributed by atoms with Crippen LogP contribution in [-0.2, 0) is 0 Å². The predicted molar refractivity (Wildman–Crippen MR) is 69.8 cm³/mol. The average molecular weight is 258 g/mol. The predicted octanol–water partition coefficient (Wildman–Crippen LogP) is 1.83. The molecule has 0 aliphatic carbocycles. The van der Waals surface area contributed by atoms with Gasteiger partial charge in [0, 0.05) is 19.4 Å². The van der Waals surface area contributed by atoms with Crippen molar-refractivity contribution in [2.24, 2.45) is 0 Å². The van der Waals surface area contributed by atoms with Crippen molar-refractivity contribution in [3.63, 3.8) is 0 Å². The Bertz CT molecular complexity index is 579. The minimum atomic E-state index is 0.503. The van der Waals surface area contributed by atoms with Gasteiger partial charge in [-0.2, -0.15) is 20.1 Å². The maximum atomic E-state index is 4.41. The number of hydrogen-bond acceptors (Lipinski definition) is 6. The smallest absolute Gasteiger partial charge is 0.255 e. The lowest BCUT2D eigenvalue weighted by Gasteiger charge is -2.05. The largest absolute Gasteiger partial charge is 0.357 e.